The number of nitriles is 1. The Morgan fingerprint density at radius 3 is 2.94 bits per heavy atom. The number of ether oxygens (including phenoxy) is 1. The van der Waals surface area contributed by atoms with E-state index in [1.807, 2.05) is 31.2 Å². The number of rotatable bonds is 3. The molecule has 17 heavy (non-hydrogen) atoms. The lowest BCUT2D eigenvalue weighted by atomic mass is 10.2. The van der Waals surface area contributed by atoms with Crippen molar-refractivity contribution in [3.8, 4) is 11.8 Å². The van der Waals surface area contributed by atoms with Gasteiger partial charge in [0.2, 0.25) is 0 Å². The lowest BCUT2D eigenvalue weighted by molar-refractivity contribution is 0.415. The van der Waals surface area contributed by atoms with Crippen LogP contribution in [-0.4, -0.2) is 17.8 Å². The SMILES string of the molecule is COc1ccc2c(SCC#N)cc(C)nc2c1. The van der Waals surface area contributed by atoms with E-state index in [0.717, 1.165) is 27.2 Å². The van der Waals surface area contributed by atoms with Crippen molar-refractivity contribution in [1.82, 2.24) is 4.98 Å². The van der Waals surface area contributed by atoms with Gasteiger partial charge in [-0.2, -0.15) is 5.26 Å². The van der Waals surface area contributed by atoms with E-state index >= 15 is 0 Å². The first-order valence-electron chi connectivity index (χ1n) is 5.19. The topological polar surface area (TPSA) is 45.9 Å². The Balaban J connectivity index is 2.56. The molecular weight excluding hydrogens is 232 g/mol. The van der Waals surface area contributed by atoms with E-state index < -0.39 is 0 Å². The van der Waals surface area contributed by atoms with Crippen molar-refractivity contribution in [2.75, 3.05) is 12.9 Å². The average molecular weight is 244 g/mol. The Hall–Kier alpha value is -1.73. The number of hydrogen-bond acceptors (Lipinski definition) is 4. The third-order valence-electron chi connectivity index (χ3n) is 2.40. The highest BCUT2D eigenvalue weighted by atomic mass is 32.2. The number of nitrogens with zero attached hydrogens (tertiary/aromatic N) is 2. The van der Waals surface area contributed by atoms with E-state index in [1.54, 1.807) is 7.11 Å². The normalized spacial score (nSPS) is 10.2. The highest BCUT2D eigenvalue weighted by Gasteiger charge is 2.05. The maximum atomic E-state index is 8.64. The van der Waals surface area contributed by atoms with Crippen molar-refractivity contribution in [2.24, 2.45) is 0 Å². The lowest BCUT2D eigenvalue weighted by Gasteiger charge is -2.07. The number of aromatic nitrogens is 1. The first kappa shape index (κ1) is 11.7. The van der Waals surface area contributed by atoms with Gasteiger partial charge in [-0.1, -0.05) is 0 Å². The van der Waals surface area contributed by atoms with E-state index in [-0.39, 0.29) is 0 Å². The Morgan fingerprint density at radius 1 is 1.41 bits per heavy atom. The van der Waals surface area contributed by atoms with Gasteiger partial charge in [0.25, 0.3) is 0 Å². The first-order valence-corrected chi connectivity index (χ1v) is 6.18. The minimum absolute atomic E-state index is 0.449. The van der Waals surface area contributed by atoms with Gasteiger partial charge in [0.15, 0.2) is 0 Å². The summed E-state index contributed by atoms with van der Waals surface area (Å²) in [5, 5.41) is 9.71. The van der Waals surface area contributed by atoms with E-state index in [0.29, 0.717) is 5.75 Å². The van der Waals surface area contributed by atoms with Crippen LogP contribution in [0.15, 0.2) is 29.2 Å². The van der Waals surface area contributed by atoms with Crippen molar-refractivity contribution >= 4 is 22.7 Å². The molecule has 2 aromatic rings. The van der Waals surface area contributed by atoms with Crippen molar-refractivity contribution in [1.29, 1.82) is 5.26 Å². The molecule has 0 bridgehead atoms. The fourth-order valence-corrected chi connectivity index (χ4v) is 2.46. The van der Waals surface area contributed by atoms with E-state index in [1.165, 1.54) is 11.8 Å². The number of pyridine rings is 1. The molecule has 0 amide bonds. The molecule has 0 fully saturated rings. The van der Waals surface area contributed by atoms with Crippen LogP contribution in [0.5, 0.6) is 5.75 Å². The van der Waals surface area contributed by atoms with Crippen LogP contribution in [0, 0.1) is 18.3 Å². The van der Waals surface area contributed by atoms with Gasteiger partial charge in [0.05, 0.1) is 24.4 Å². The number of fused-ring (bicyclic) bond motifs is 1. The van der Waals surface area contributed by atoms with Crippen LogP contribution in [0.2, 0.25) is 0 Å². The van der Waals surface area contributed by atoms with Gasteiger partial charge in [-0.25, -0.2) is 0 Å². The zero-order chi connectivity index (χ0) is 12.3. The summed E-state index contributed by atoms with van der Waals surface area (Å²) in [5.74, 6) is 1.25. The molecule has 1 aromatic carbocycles. The Labute approximate surface area is 104 Å². The molecule has 0 atom stereocenters. The third-order valence-corrected chi connectivity index (χ3v) is 3.32. The molecule has 0 spiro atoms. The van der Waals surface area contributed by atoms with Crippen LogP contribution in [0.4, 0.5) is 0 Å². The third kappa shape index (κ3) is 2.51. The van der Waals surface area contributed by atoms with E-state index in [9.17, 15) is 0 Å². The minimum Gasteiger partial charge on any atom is -0.497 e. The van der Waals surface area contributed by atoms with Crippen LogP contribution >= 0.6 is 11.8 Å². The van der Waals surface area contributed by atoms with E-state index in [4.69, 9.17) is 10.00 Å². The molecule has 0 radical (unpaired) electrons. The minimum atomic E-state index is 0.449. The summed E-state index contributed by atoms with van der Waals surface area (Å²) < 4.78 is 5.18. The molecule has 0 saturated carbocycles. The first-order chi connectivity index (χ1) is 8.24. The molecule has 0 unspecified atom stereocenters. The molecule has 0 aliphatic rings. The van der Waals surface area contributed by atoms with Crippen LogP contribution in [0.3, 0.4) is 0 Å². The largest absolute Gasteiger partial charge is 0.497 e. The van der Waals surface area contributed by atoms with Crippen LogP contribution < -0.4 is 4.74 Å². The summed E-state index contributed by atoms with van der Waals surface area (Å²) >= 11 is 1.54. The smallest absolute Gasteiger partial charge is 0.121 e. The van der Waals surface area contributed by atoms with Crippen molar-refractivity contribution in [3.05, 3.63) is 30.0 Å². The number of benzene rings is 1. The summed E-state index contributed by atoms with van der Waals surface area (Å²) in [5.41, 5.74) is 1.86. The second-order valence-electron chi connectivity index (χ2n) is 3.59. The molecule has 4 heteroatoms. The molecule has 0 aliphatic carbocycles. The summed E-state index contributed by atoms with van der Waals surface area (Å²) in [6.07, 6.45) is 0. The highest BCUT2D eigenvalue weighted by Crippen LogP contribution is 2.29. The van der Waals surface area contributed by atoms with Gasteiger partial charge >= 0.3 is 0 Å². The second-order valence-corrected chi connectivity index (χ2v) is 4.61. The molecule has 0 N–H and O–H groups in total. The molecule has 86 valence electrons. The number of hydrogen-bond donors (Lipinski definition) is 0. The molecule has 1 heterocycles. The Morgan fingerprint density at radius 2 is 2.24 bits per heavy atom. The molecule has 2 rings (SSSR count). The van der Waals surface area contributed by atoms with Crippen molar-refractivity contribution < 1.29 is 4.74 Å². The van der Waals surface area contributed by atoms with Gasteiger partial charge in [-0.15, -0.1) is 11.8 Å². The van der Waals surface area contributed by atoms with Crippen LogP contribution in [-0.2, 0) is 0 Å². The van der Waals surface area contributed by atoms with Crippen LogP contribution in [0.1, 0.15) is 5.69 Å². The summed E-state index contributed by atoms with van der Waals surface area (Å²) in [6, 6.07) is 9.97. The van der Waals surface area contributed by atoms with Crippen molar-refractivity contribution in [2.45, 2.75) is 11.8 Å². The summed E-state index contributed by atoms with van der Waals surface area (Å²) in [6.45, 7) is 1.95. The Kier molecular flexibility index (Phi) is 3.50. The van der Waals surface area contributed by atoms with Crippen molar-refractivity contribution in [3.63, 3.8) is 0 Å². The number of methoxy groups -OCH3 is 1. The van der Waals surface area contributed by atoms with Gasteiger partial charge in [-0.3, -0.25) is 4.98 Å². The molecule has 0 aliphatic heterocycles. The Bertz CT molecular complexity index is 590. The van der Waals surface area contributed by atoms with Crippen LogP contribution in [0.25, 0.3) is 10.9 Å². The molecule has 3 nitrogen and oxygen atoms in total. The predicted octanol–water partition coefficient (Wildman–Crippen LogP) is 3.17. The zero-order valence-corrected chi connectivity index (χ0v) is 10.5. The maximum Gasteiger partial charge on any atom is 0.121 e. The molecular formula is C13H12N2OS. The van der Waals surface area contributed by atoms with E-state index in [2.05, 4.69) is 11.1 Å². The zero-order valence-electron chi connectivity index (χ0n) is 9.73. The molecule has 1 aromatic heterocycles. The van der Waals surface area contributed by atoms with Gasteiger partial charge in [0, 0.05) is 22.0 Å². The summed E-state index contributed by atoms with van der Waals surface area (Å²) in [7, 11) is 1.64. The van der Waals surface area contributed by atoms with Gasteiger partial charge in [-0.05, 0) is 25.1 Å². The predicted molar refractivity (Wildman–Crippen MR) is 69.4 cm³/mol. The second kappa shape index (κ2) is 5.07. The fourth-order valence-electron chi connectivity index (χ4n) is 1.66. The molecule has 0 saturated heterocycles. The average Bonchev–Trinajstić information content (AvgIpc) is 2.34. The number of thioether (sulfide) groups is 1. The standard InChI is InChI=1S/C13H12N2OS/c1-9-7-13(17-6-5-14)11-4-3-10(16-2)8-12(11)15-9/h3-4,7-8H,6H2,1-2H3. The monoisotopic (exact) mass is 244 g/mol. The lowest BCUT2D eigenvalue weighted by Crippen LogP contribution is -1.89. The highest BCUT2D eigenvalue weighted by molar-refractivity contribution is 7.99. The number of aryl methyl sites for hydroxylation is 1. The maximum absolute atomic E-state index is 8.64. The van der Waals surface area contributed by atoms with Gasteiger partial charge in [0.1, 0.15) is 5.75 Å². The fraction of sp³-hybridized carbons (Fsp3) is 0.231. The van der Waals surface area contributed by atoms with Gasteiger partial charge < -0.3 is 4.74 Å². The quantitative estimate of drug-likeness (QED) is 0.778. The summed E-state index contributed by atoms with van der Waals surface area (Å²) in [4.78, 5) is 5.57.